The second-order valence-electron chi connectivity index (χ2n) is 15.0. The second-order valence-corrected chi connectivity index (χ2v) is 15.0. The Morgan fingerprint density at radius 3 is 2.50 bits per heavy atom. The van der Waals surface area contributed by atoms with Crippen molar-refractivity contribution in [1.82, 2.24) is 10.2 Å². The molecule has 3 saturated carbocycles. The fourth-order valence-electron chi connectivity index (χ4n) is 9.67. The van der Waals surface area contributed by atoms with E-state index in [1.807, 2.05) is 40.7 Å². The molecule has 4 fully saturated rings. The number of fused-ring (bicyclic) bond motifs is 5. The maximum Gasteiger partial charge on any atom is 0.436 e. The summed E-state index contributed by atoms with van der Waals surface area (Å²) in [6.45, 7) is 15.0. The molecule has 1 heterocycles. The molecule has 0 aromatic carbocycles. The van der Waals surface area contributed by atoms with Crippen LogP contribution in [0.1, 0.15) is 113 Å². The molecule has 8 nitrogen and oxygen atoms in total. The summed E-state index contributed by atoms with van der Waals surface area (Å²) in [5.41, 5.74) is 2.68. The number of amides is 1. The van der Waals surface area contributed by atoms with Crippen LogP contribution in [0.25, 0.3) is 0 Å². The van der Waals surface area contributed by atoms with Crippen LogP contribution in [0.3, 0.4) is 0 Å². The van der Waals surface area contributed by atoms with Gasteiger partial charge < -0.3 is 9.64 Å². The molecular weight excluding hydrogens is 530 g/mol. The van der Waals surface area contributed by atoms with E-state index in [2.05, 4.69) is 24.3 Å². The molecule has 2 unspecified atom stereocenters. The van der Waals surface area contributed by atoms with Gasteiger partial charge in [-0.3, -0.25) is 19.7 Å². The van der Waals surface area contributed by atoms with Gasteiger partial charge >= 0.3 is 12.1 Å². The van der Waals surface area contributed by atoms with Gasteiger partial charge in [-0.15, -0.1) is 0 Å². The molecule has 5 rings (SSSR count). The molecule has 0 aromatic heterocycles. The molecule has 5 aliphatic rings. The number of hydrogen-bond acceptors (Lipinski definition) is 7. The van der Waals surface area contributed by atoms with Gasteiger partial charge in [0.1, 0.15) is 6.04 Å². The van der Waals surface area contributed by atoms with Crippen molar-refractivity contribution in [1.29, 1.82) is 0 Å². The second kappa shape index (κ2) is 12.0. The first-order valence-electron chi connectivity index (χ1n) is 16.6. The first kappa shape index (κ1) is 31.2. The molecule has 4 aliphatic carbocycles. The lowest BCUT2D eigenvalue weighted by Gasteiger charge is -2.58. The van der Waals surface area contributed by atoms with E-state index in [4.69, 9.17) is 9.57 Å². The van der Waals surface area contributed by atoms with Crippen LogP contribution in [0, 0.1) is 34.5 Å². The third-order valence-electron chi connectivity index (χ3n) is 11.9. The Morgan fingerprint density at radius 1 is 1.02 bits per heavy atom. The predicted octanol–water partition coefficient (Wildman–Crippen LogP) is 6.43. The molecule has 1 saturated heterocycles. The van der Waals surface area contributed by atoms with Gasteiger partial charge in [0.2, 0.25) is 0 Å². The van der Waals surface area contributed by atoms with Crippen LogP contribution in [0.4, 0.5) is 4.79 Å². The minimum Gasteiger partial charge on any atom is -0.462 e. The zero-order valence-corrected chi connectivity index (χ0v) is 26.9. The normalized spacial score (nSPS) is 38.1. The van der Waals surface area contributed by atoms with Crippen LogP contribution in [0.5, 0.6) is 0 Å². The maximum absolute atomic E-state index is 13.2. The van der Waals surface area contributed by atoms with E-state index in [-0.39, 0.29) is 41.0 Å². The summed E-state index contributed by atoms with van der Waals surface area (Å²) in [4.78, 5) is 45.1. The topological polar surface area (TPSA) is 97.3 Å². The van der Waals surface area contributed by atoms with Gasteiger partial charge in [0.05, 0.1) is 11.8 Å². The number of nitrogens with one attached hydrogen (secondary N) is 1. The van der Waals surface area contributed by atoms with E-state index in [9.17, 15) is 14.4 Å². The standard InChI is InChI=1S/C34H53N3O5/c1-20(2)37(19-24-9-13-30(35-24)31(39)41-21(3)4)32(40)42-36-22(5)27-11-12-28-26-10-8-23-18-25(38)14-16-33(23,6)29(26)15-17-34(27,28)7/h18,20-21,24,26-30,35H,8-17,19H2,1-7H3/b36-22+/t24?,26-,27+,28-,29-,30?,33-,34+/m0/s1. The first-order chi connectivity index (χ1) is 19.8. The van der Waals surface area contributed by atoms with Crippen LogP contribution in [0.2, 0.25) is 0 Å². The van der Waals surface area contributed by atoms with E-state index in [1.54, 1.807) is 4.90 Å². The van der Waals surface area contributed by atoms with Crippen LogP contribution < -0.4 is 5.32 Å². The van der Waals surface area contributed by atoms with Crippen molar-refractivity contribution < 1.29 is 24.0 Å². The summed E-state index contributed by atoms with van der Waals surface area (Å²) < 4.78 is 5.36. The number of oxime groups is 1. The molecule has 1 amide bonds. The fourth-order valence-corrected chi connectivity index (χ4v) is 9.67. The lowest BCUT2D eigenvalue weighted by molar-refractivity contribution is -0.149. The minimum absolute atomic E-state index is 0.00872. The van der Waals surface area contributed by atoms with Crippen molar-refractivity contribution in [3.05, 3.63) is 11.6 Å². The summed E-state index contributed by atoms with van der Waals surface area (Å²) >= 11 is 0. The number of rotatable bonds is 7. The smallest absolute Gasteiger partial charge is 0.436 e. The Kier molecular flexibility index (Phi) is 8.95. The molecule has 1 N–H and O–H groups in total. The molecule has 8 atom stereocenters. The summed E-state index contributed by atoms with van der Waals surface area (Å²) in [6, 6.07) is -0.375. The van der Waals surface area contributed by atoms with Gasteiger partial charge in [0.25, 0.3) is 0 Å². The molecule has 234 valence electrons. The predicted molar refractivity (Wildman–Crippen MR) is 163 cm³/mol. The number of esters is 1. The number of ether oxygens (including phenoxy) is 1. The quantitative estimate of drug-likeness (QED) is 0.161. The van der Waals surface area contributed by atoms with Gasteiger partial charge in [0, 0.05) is 31.0 Å². The van der Waals surface area contributed by atoms with E-state index in [1.165, 1.54) is 24.8 Å². The zero-order chi connectivity index (χ0) is 30.4. The van der Waals surface area contributed by atoms with Crippen molar-refractivity contribution in [2.24, 2.45) is 39.7 Å². The van der Waals surface area contributed by atoms with Gasteiger partial charge in [-0.25, -0.2) is 4.79 Å². The molecule has 42 heavy (non-hydrogen) atoms. The molecule has 0 bridgehead atoms. The molecule has 0 radical (unpaired) electrons. The average Bonchev–Trinajstić information content (AvgIpc) is 3.54. The molecule has 8 heteroatoms. The largest absolute Gasteiger partial charge is 0.462 e. The summed E-state index contributed by atoms with van der Waals surface area (Å²) in [6.07, 6.45) is 11.5. The number of ketones is 1. The first-order valence-corrected chi connectivity index (χ1v) is 16.6. The molecule has 1 aliphatic heterocycles. The number of carbonyl (C=O) groups excluding carboxylic acids is 3. The highest BCUT2D eigenvalue weighted by atomic mass is 16.7. The van der Waals surface area contributed by atoms with Crippen LogP contribution in [0.15, 0.2) is 16.8 Å². The summed E-state index contributed by atoms with van der Waals surface area (Å²) in [7, 11) is 0. The number of carbonyl (C=O) groups is 3. The summed E-state index contributed by atoms with van der Waals surface area (Å²) in [5.74, 6) is 2.40. The van der Waals surface area contributed by atoms with Crippen molar-refractivity contribution in [2.45, 2.75) is 137 Å². The number of hydrogen-bond donors (Lipinski definition) is 1. The van der Waals surface area contributed by atoms with Gasteiger partial charge in [-0.2, -0.15) is 0 Å². The van der Waals surface area contributed by atoms with Crippen LogP contribution in [-0.2, 0) is 19.2 Å². The molecule has 0 aromatic rings. The monoisotopic (exact) mass is 583 g/mol. The third-order valence-corrected chi connectivity index (χ3v) is 11.9. The Bertz CT molecular complexity index is 1130. The Morgan fingerprint density at radius 2 is 1.79 bits per heavy atom. The SMILES string of the molecule is C/C(=N\OC(=O)N(CC1CCC(C(=O)OC(C)C)N1)C(C)C)[C@H]1CC[C@H]2[C@@H]3CCC4=CC(=O)CC[C@]4(C)[C@H]3CC[C@]12C. The fraction of sp³-hybridized carbons (Fsp3) is 0.824. The highest BCUT2D eigenvalue weighted by molar-refractivity contribution is 5.91. The Hall–Kier alpha value is -2.22. The highest BCUT2D eigenvalue weighted by Gasteiger charge is 2.59. The van der Waals surface area contributed by atoms with Gasteiger partial charge in [0.15, 0.2) is 5.78 Å². The third kappa shape index (κ3) is 5.81. The van der Waals surface area contributed by atoms with E-state index in [0.717, 1.165) is 37.8 Å². The lowest BCUT2D eigenvalue weighted by atomic mass is 9.46. The maximum atomic E-state index is 13.2. The minimum atomic E-state index is -0.436. The van der Waals surface area contributed by atoms with E-state index < -0.39 is 6.09 Å². The zero-order valence-electron chi connectivity index (χ0n) is 26.9. The van der Waals surface area contributed by atoms with Gasteiger partial charge in [-0.1, -0.05) is 24.6 Å². The van der Waals surface area contributed by atoms with Crippen LogP contribution >= 0.6 is 0 Å². The Labute approximate surface area is 252 Å². The molecule has 0 spiro atoms. The molecular formula is C34H53N3O5. The summed E-state index contributed by atoms with van der Waals surface area (Å²) in [5, 5.41) is 7.82. The highest BCUT2D eigenvalue weighted by Crippen LogP contribution is 2.66. The average molecular weight is 584 g/mol. The van der Waals surface area contributed by atoms with Crippen molar-refractivity contribution in [3.8, 4) is 0 Å². The van der Waals surface area contributed by atoms with Gasteiger partial charge in [-0.05, 0) is 127 Å². The van der Waals surface area contributed by atoms with Crippen LogP contribution in [-0.4, -0.2) is 59.2 Å². The van der Waals surface area contributed by atoms with E-state index in [0.29, 0.717) is 48.8 Å². The van der Waals surface area contributed by atoms with E-state index >= 15 is 0 Å². The Balaban J connectivity index is 1.21. The van der Waals surface area contributed by atoms with Crippen molar-refractivity contribution in [3.63, 3.8) is 0 Å². The number of allylic oxidation sites excluding steroid dienone is 1. The van der Waals surface area contributed by atoms with Crippen molar-refractivity contribution >= 4 is 23.6 Å². The van der Waals surface area contributed by atoms with Crippen molar-refractivity contribution in [2.75, 3.05) is 6.54 Å². The number of nitrogens with zero attached hydrogens (tertiary/aromatic N) is 2. The lowest BCUT2D eigenvalue weighted by Crippen LogP contribution is -2.51.